The predicted molar refractivity (Wildman–Crippen MR) is 205 cm³/mol. The zero-order valence-corrected chi connectivity index (χ0v) is 29.6. The van der Waals surface area contributed by atoms with Gasteiger partial charge in [-0.1, -0.05) is 109 Å². The number of hydrogen-bond acceptors (Lipinski definition) is 5. The van der Waals surface area contributed by atoms with Crippen LogP contribution in [0.2, 0.25) is 0 Å². The van der Waals surface area contributed by atoms with Gasteiger partial charge in [0.05, 0.1) is 32.6 Å². The van der Waals surface area contributed by atoms with Crippen LogP contribution < -0.4 is 16.7 Å². The van der Waals surface area contributed by atoms with Gasteiger partial charge >= 0.3 is 0 Å². The summed E-state index contributed by atoms with van der Waals surface area (Å²) in [7, 11) is 0. The molecule has 0 bridgehead atoms. The first-order valence-corrected chi connectivity index (χ1v) is 18.7. The van der Waals surface area contributed by atoms with Gasteiger partial charge in [0.2, 0.25) is 5.88 Å². The number of fused-ring (bicyclic) bond motifs is 10. The summed E-state index contributed by atoms with van der Waals surface area (Å²) in [6, 6.07) is 15.8. The SMILES string of the molecule is CCCCC(CC)Cn1c(O)c2c3nc4ccccc4c3c3c(=O)n(CC(CC)CCCC)c(=O)c4c5c(c(c1=O)c2c43)-c1ccccc1C5. The van der Waals surface area contributed by atoms with E-state index in [0.29, 0.717) is 68.2 Å². The van der Waals surface area contributed by atoms with Crippen LogP contribution >= 0.6 is 0 Å². The maximum Gasteiger partial charge on any atom is 0.262 e. The van der Waals surface area contributed by atoms with Crippen molar-refractivity contribution in [3.63, 3.8) is 0 Å². The minimum absolute atomic E-state index is 0.137. The molecule has 0 aliphatic heterocycles. The maximum atomic E-state index is 15.0. The molecule has 7 nitrogen and oxygen atoms in total. The highest BCUT2D eigenvalue weighted by Crippen LogP contribution is 2.50. The average Bonchev–Trinajstić information content (AvgIpc) is 3.70. The van der Waals surface area contributed by atoms with E-state index in [1.807, 2.05) is 42.5 Å². The van der Waals surface area contributed by atoms with Crippen molar-refractivity contribution in [3.05, 3.63) is 90.7 Å². The van der Waals surface area contributed by atoms with Crippen molar-refractivity contribution < 1.29 is 5.11 Å². The van der Waals surface area contributed by atoms with Crippen molar-refractivity contribution in [1.29, 1.82) is 0 Å². The molecule has 7 heteroatoms. The second-order valence-electron chi connectivity index (χ2n) is 14.6. The first kappa shape index (κ1) is 32.4. The predicted octanol–water partition coefficient (Wildman–Crippen LogP) is 9.12. The summed E-state index contributed by atoms with van der Waals surface area (Å²) in [5.41, 5.74) is 3.84. The molecule has 0 fully saturated rings. The molecular formula is C43H45N3O4. The van der Waals surface area contributed by atoms with Gasteiger partial charge in [-0.05, 0) is 59.4 Å². The summed E-state index contributed by atoms with van der Waals surface area (Å²) in [6.45, 7) is 9.31. The van der Waals surface area contributed by atoms with E-state index in [2.05, 4.69) is 33.8 Å². The number of aromatic nitrogens is 3. The maximum absolute atomic E-state index is 15.0. The largest absolute Gasteiger partial charge is 0.494 e. The number of pyridine rings is 2. The second kappa shape index (κ2) is 12.5. The monoisotopic (exact) mass is 667 g/mol. The van der Waals surface area contributed by atoms with Crippen LogP contribution in [0.4, 0.5) is 0 Å². The summed E-state index contributed by atoms with van der Waals surface area (Å²) in [4.78, 5) is 50.0. The van der Waals surface area contributed by atoms with E-state index in [-0.39, 0.29) is 34.4 Å². The van der Waals surface area contributed by atoms with Crippen LogP contribution in [0.1, 0.15) is 90.2 Å². The van der Waals surface area contributed by atoms with Gasteiger partial charge in [-0.3, -0.25) is 23.5 Å². The number of aromatic hydroxyl groups is 1. The quantitative estimate of drug-likeness (QED) is 0.131. The molecule has 1 aliphatic carbocycles. The molecule has 1 N–H and O–H groups in total. The number of rotatable bonds is 12. The van der Waals surface area contributed by atoms with Gasteiger partial charge in [-0.25, -0.2) is 4.98 Å². The third kappa shape index (κ3) is 4.61. The summed E-state index contributed by atoms with van der Waals surface area (Å²) in [5.74, 6) is 0.246. The molecule has 1 aliphatic rings. The molecule has 3 aromatic heterocycles. The van der Waals surface area contributed by atoms with E-state index < -0.39 is 0 Å². The fourth-order valence-electron chi connectivity index (χ4n) is 8.94. The Bertz CT molecular complexity index is 2620. The summed E-state index contributed by atoms with van der Waals surface area (Å²) in [6.07, 6.45) is 8.30. The van der Waals surface area contributed by atoms with Crippen LogP contribution in [0, 0.1) is 11.8 Å². The highest BCUT2D eigenvalue weighted by molar-refractivity contribution is 6.39. The Labute approximate surface area is 290 Å². The second-order valence-corrected chi connectivity index (χ2v) is 14.6. The summed E-state index contributed by atoms with van der Waals surface area (Å²) in [5, 5.41) is 16.6. The Balaban J connectivity index is 1.62. The first-order chi connectivity index (χ1) is 24.3. The number of para-hydroxylation sites is 1. The Hall–Kier alpha value is -4.78. The molecule has 8 rings (SSSR count). The highest BCUT2D eigenvalue weighted by atomic mass is 16.3. The molecule has 0 radical (unpaired) electrons. The zero-order valence-electron chi connectivity index (χ0n) is 29.6. The Morgan fingerprint density at radius 1 is 0.680 bits per heavy atom. The van der Waals surface area contributed by atoms with Crippen molar-refractivity contribution in [2.45, 2.75) is 98.6 Å². The van der Waals surface area contributed by atoms with E-state index in [1.165, 1.54) is 4.57 Å². The van der Waals surface area contributed by atoms with Gasteiger partial charge in [0, 0.05) is 34.6 Å². The lowest BCUT2D eigenvalue weighted by Crippen LogP contribution is -2.36. The molecule has 2 unspecified atom stereocenters. The van der Waals surface area contributed by atoms with Crippen molar-refractivity contribution >= 4 is 54.1 Å². The summed E-state index contributed by atoms with van der Waals surface area (Å²) >= 11 is 0. The molecule has 0 amide bonds. The van der Waals surface area contributed by atoms with Gasteiger partial charge in [0.25, 0.3) is 16.7 Å². The third-order valence-corrected chi connectivity index (χ3v) is 11.7. The summed E-state index contributed by atoms with van der Waals surface area (Å²) < 4.78 is 3.04. The number of nitrogens with zero attached hydrogens (tertiary/aromatic N) is 3. The molecule has 3 heterocycles. The first-order valence-electron chi connectivity index (χ1n) is 18.7. The molecular weight excluding hydrogens is 622 g/mol. The van der Waals surface area contributed by atoms with Gasteiger partial charge in [0.15, 0.2) is 0 Å². The van der Waals surface area contributed by atoms with E-state index in [4.69, 9.17) is 4.98 Å². The van der Waals surface area contributed by atoms with Crippen LogP contribution in [0.5, 0.6) is 5.88 Å². The number of hydrogen-bond donors (Lipinski definition) is 1. The van der Waals surface area contributed by atoms with Crippen LogP contribution in [0.3, 0.4) is 0 Å². The molecule has 0 saturated heterocycles. The van der Waals surface area contributed by atoms with E-state index >= 15 is 4.79 Å². The normalized spacial score (nSPS) is 14.1. The van der Waals surface area contributed by atoms with Gasteiger partial charge < -0.3 is 5.11 Å². The molecule has 50 heavy (non-hydrogen) atoms. The topological polar surface area (TPSA) is 94.2 Å². The molecule has 4 aromatic carbocycles. The van der Waals surface area contributed by atoms with Gasteiger partial charge in [-0.2, -0.15) is 0 Å². The highest BCUT2D eigenvalue weighted by Gasteiger charge is 2.34. The van der Waals surface area contributed by atoms with Gasteiger partial charge in [-0.15, -0.1) is 0 Å². The Morgan fingerprint density at radius 3 is 1.98 bits per heavy atom. The third-order valence-electron chi connectivity index (χ3n) is 11.7. The Kier molecular flexibility index (Phi) is 8.12. The van der Waals surface area contributed by atoms with Crippen molar-refractivity contribution in [2.24, 2.45) is 11.8 Å². The smallest absolute Gasteiger partial charge is 0.262 e. The van der Waals surface area contributed by atoms with Crippen molar-refractivity contribution in [2.75, 3.05) is 0 Å². The molecule has 0 saturated carbocycles. The lowest BCUT2D eigenvalue weighted by Gasteiger charge is -2.23. The average molecular weight is 668 g/mol. The minimum atomic E-state index is -0.339. The fourth-order valence-corrected chi connectivity index (χ4v) is 8.94. The van der Waals surface area contributed by atoms with E-state index in [9.17, 15) is 14.7 Å². The molecule has 2 atom stereocenters. The molecule has 0 spiro atoms. The molecule has 7 aromatic rings. The number of unbranched alkanes of at least 4 members (excludes halogenated alkanes) is 2. The van der Waals surface area contributed by atoms with Crippen molar-refractivity contribution in [1.82, 2.24) is 14.1 Å². The number of benzene rings is 4. The zero-order chi connectivity index (χ0) is 34.8. The molecule has 256 valence electrons. The lowest BCUT2D eigenvalue weighted by atomic mass is 9.86. The Morgan fingerprint density at radius 2 is 1.28 bits per heavy atom. The van der Waals surface area contributed by atoms with Gasteiger partial charge in [0.1, 0.15) is 0 Å². The standard InChI is InChI=1S/C43H45N3O4/c1-5-9-15-24(7-3)22-45-40(47)33-29-21-26-17-11-12-18-27(26)31(29)36-35-34(33)37(42(45)49)32-28-19-13-14-20-30(28)44-39(32)38(35)43(50)46(41(36)48)23-25(8-4)16-10-6-2/h11-14,17-20,24-25,50H,5-10,15-16,21-23H2,1-4H3. The van der Waals surface area contributed by atoms with Crippen LogP contribution in [0.25, 0.3) is 65.3 Å². The van der Waals surface area contributed by atoms with Crippen LogP contribution in [-0.2, 0) is 19.5 Å². The van der Waals surface area contributed by atoms with Crippen molar-refractivity contribution in [3.8, 4) is 17.0 Å². The fraction of sp³-hybridized carbons (Fsp3) is 0.395. The van der Waals surface area contributed by atoms with E-state index in [0.717, 1.165) is 79.0 Å². The van der Waals surface area contributed by atoms with E-state index in [1.54, 1.807) is 4.57 Å². The van der Waals surface area contributed by atoms with Crippen LogP contribution in [-0.4, -0.2) is 19.2 Å². The lowest BCUT2D eigenvalue weighted by molar-refractivity contribution is 0.345. The van der Waals surface area contributed by atoms with Crippen LogP contribution in [0.15, 0.2) is 62.9 Å². The minimum Gasteiger partial charge on any atom is -0.494 e.